The number of carbonyl (C=O) groups excluding carboxylic acids is 1. The highest BCUT2D eigenvalue weighted by molar-refractivity contribution is 7.90. The van der Waals surface area contributed by atoms with Crippen molar-refractivity contribution in [3.63, 3.8) is 0 Å². The zero-order valence-electron chi connectivity index (χ0n) is 32.9. The maximum absolute atomic E-state index is 13.9. The van der Waals surface area contributed by atoms with Gasteiger partial charge >= 0.3 is 0 Å². The van der Waals surface area contributed by atoms with E-state index in [4.69, 9.17) is 9.47 Å². The fourth-order valence-electron chi connectivity index (χ4n) is 8.08. The molecule has 14 heteroatoms. The van der Waals surface area contributed by atoms with E-state index < -0.39 is 31.4 Å². The number of nitrogens with one attached hydrogen (secondary N) is 3. The molecule has 2 aliphatic rings. The number of pyridine rings is 1. The van der Waals surface area contributed by atoms with Crippen molar-refractivity contribution in [2.45, 2.75) is 56.4 Å². The Kier molecular flexibility index (Phi) is 11.3. The third kappa shape index (κ3) is 8.64. The second-order valence-electron chi connectivity index (χ2n) is 15.4. The van der Waals surface area contributed by atoms with E-state index in [0.29, 0.717) is 37.1 Å². The normalized spacial score (nSPS) is 16.1. The second-order valence-corrected chi connectivity index (χ2v) is 17.1. The van der Waals surface area contributed by atoms with Crippen LogP contribution in [0.1, 0.15) is 73.0 Å². The van der Waals surface area contributed by atoms with Gasteiger partial charge in [0.25, 0.3) is 21.6 Å². The molecule has 2 aromatic heterocycles. The molecular formula is C45H46N6O7S. The predicted octanol–water partition coefficient (Wildman–Crippen LogP) is 9.35. The number of rotatable bonds is 13. The van der Waals surface area contributed by atoms with Gasteiger partial charge in [-0.2, -0.15) is 0 Å². The van der Waals surface area contributed by atoms with Crippen LogP contribution < -0.4 is 19.7 Å². The van der Waals surface area contributed by atoms with Crippen molar-refractivity contribution < 1.29 is 27.6 Å². The molecule has 2 fully saturated rings. The first-order valence-corrected chi connectivity index (χ1v) is 21.4. The molecule has 304 valence electrons. The number of amides is 1. The summed E-state index contributed by atoms with van der Waals surface area (Å²) in [6, 6.07) is 29.3. The van der Waals surface area contributed by atoms with E-state index in [1.807, 2.05) is 18.2 Å². The largest absolute Gasteiger partial charge is 0.455 e. The first kappa shape index (κ1) is 39.6. The van der Waals surface area contributed by atoms with E-state index in [0.717, 1.165) is 60.5 Å². The van der Waals surface area contributed by atoms with Gasteiger partial charge in [0, 0.05) is 49.6 Å². The van der Waals surface area contributed by atoms with Crippen LogP contribution in [0.2, 0.25) is 0 Å². The monoisotopic (exact) mass is 814 g/mol. The molecule has 0 aliphatic carbocycles. The van der Waals surface area contributed by atoms with E-state index in [1.165, 1.54) is 35.5 Å². The molecule has 0 bridgehead atoms. The number of nitrogens with zero attached hydrogens (tertiary/aromatic N) is 3. The van der Waals surface area contributed by atoms with Crippen molar-refractivity contribution in [2.75, 3.05) is 36.5 Å². The molecule has 2 saturated heterocycles. The van der Waals surface area contributed by atoms with E-state index >= 15 is 0 Å². The maximum Gasteiger partial charge on any atom is 0.293 e. The molecule has 0 radical (unpaired) electrons. The smallest absolute Gasteiger partial charge is 0.293 e. The minimum Gasteiger partial charge on any atom is -0.455 e. The van der Waals surface area contributed by atoms with E-state index in [9.17, 15) is 23.3 Å². The molecule has 13 nitrogen and oxygen atoms in total. The minimum absolute atomic E-state index is 0.0592. The van der Waals surface area contributed by atoms with Gasteiger partial charge in [-0.3, -0.25) is 14.9 Å². The molecular weight excluding hydrogens is 769 g/mol. The van der Waals surface area contributed by atoms with Crippen LogP contribution in [0.15, 0.2) is 114 Å². The van der Waals surface area contributed by atoms with Gasteiger partial charge in [-0.1, -0.05) is 56.3 Å². The van der Waals surface area contributed by atoms with Crippen LogP contribution in [-0.2, 0) is 14.8 Å². The Bertz CT molecular complexity index is 2600. The summed E-state index contributed by atoms with van der Waals surface area (Å²) in [5.74, 6) is 0.154. The van der Waals surface area contributed by atoms with Gasteiger partial charge in [0.1, 0.15) is 22.8 Å². The van der Waals surface area contributed by atoms with Gasteiger partial charge in [0.2, 0.25) is 0 Å². The van der Waals surface area contributed by atoms with Gasteiger partial charge in [-0.25, -0.2) is 18.1 Å². The molecule has 4 aromatic carbocycles. The summed E-state index contributed by atoms with van der Waals surface area (Å²) < 4.78 is 41.1. The third-order valence-corrected chi connectivity index (χ3v) is 12.5. The van der Waals surface area contributed by atoms with E-state index in [1.54, 1.807) is 24.4 Å². The Balaban J connectivity index is 1.06. The molecule has 1 unspecified atom stereocenters. The zero-order chi connectivity index (χ0) is 41.1. The molecule has 0 saturated carbocycles. The molecule has 0 spiro atoms. The number of anilines is 2. The summed E-state index contributed by atoms with van der Waals surface area (Å²) in [4.78, 5) is 34.8. The molecule has 1 atom stereocenters. The minimum atomic E-state index is -4.56. The fourth-order valence-corrected chi connectivity index (χ4v) is 9.07. The average Bonchev–Trinajstić information content (AvgIpc) is 3.93. The maximum atomic E-state index is 13.9. The Hall–Kier alpha value is -6.25. The molecule has 6 aromatic rings. The van der Waals surface area contributed by atoms with Crippen molar-refractivity contribution in [2.24, 2.45) is 5.92 Å². The number of benzene rings is 4. The summed E-state index contributed by atoms with van der Waals surface area (Å²) in [5.41, 5.74) is 5.82. The topological polar surface area (TPSA) is 169 Å². The summed E-state index contributed by atoms with van der Waals surface area (Å²) in [6.07, 6.45) is 7.08. The summed E-state index contributed by atoms with van der Waals surface area (Å²) in [6.45, 7) is 7.14. The lowest BCUT2D eigenvalue weighted by Gasteiger charge is -2.29. The highest BCUT2D eigenvalue weighted by atomic mass is 32.2. The number of fused-ring (bicyclic) bond motifs is 1. The number of nitro benzene ring substituents is 1. The number of sulfonamides is 1. The summed E-state index contributed by atoms with van der Waals surface area (Å²) in [5, 5.41) is 15.9. The van der Waals surface area contributed by atoms with Gasteiger partial charge in [-0.15, -0.1) is 0 Å². The van der Waals surface area contributed by atoms with Crippen LogP contribution >= 0.6 is 0 Å². The molecule has 59 heavy (non-hydrogen) atoms. The van der Waals surface area contributed by atoms with Crippen molar-refractivity contribution >= 4 is 44.0 Å². The Morgan fingerprint density at radius 2 is 1.76 bits per heavy atom. The first-order chi connectivity index (χ1) is 28.5. The number of aromatic amines is 1. The van der Waals surface area contributed by atoms with Crippen molar-refractivity contribution in [1.29, 1.82) is 0 Å². The number of H-pyrrole nitrogens is 1. The fraction of sp³-hybridized carbons (Fsp3) is 0.289. The van der Waals surface area contributed by atoms with Gasteiger partial charge in [0.15, 0.2) is 0 Å². The number of ether oxygens (including phenoxy) is 2. The number of carbonyl (C=O) groups is 1. The van der Waals surface area contributed by atoms with Crippen LogP contribution in [-0.4, -0.2) is 55.5 Å². The molecule has 3 N–H and O–H groups in total. The lowest BCUT2D eigenvalue weighted by molar-refractivity contribution is -0.384. The predicted molar refractivity (Wildman–Crippen MR) is 228 cm³/mol. The molecule has 2 aliphatic heterocycles. The van der Waals surface area contributed by atoms with Gasteiger partial charge < -0.3 is 24.7 Å². The van der Waals surface area contributed by atoms with E-state index in [2.05, 4.69) is 75.2 Å². The number of hydrogen-bond acceptors (Lipinski definition) is 10. The molecule has 1 amide bonds. The SMILES string of the molecule is CC(C)c1ccccc1C1CCCN1c1ccc(-c2ccc(C(=O)NS(=O)(=O)c3ccc(NCC4CCOCC4)c([N+](=O)[O-])c3)c(Oc3cnc4[nH]ccc4c3)c2)cc1. The Morgan fingerprint density at radius 1 is 0.983 bits per heavy atom. The van der Waals surface area contributed by atoms with Gasteiger partial charge in [-0.05, 0) is 108 Å². The van der Waals surface area contributed by atoms with Crippen LogP contribution in [0.25, 0.3) is 22.2 Å². The Morgan fingerprint density at radius 3 is 2.54 bits per heavy atom. The highest BCUT2D eigenvalue weighted by Crippen LogP contribution is 2.40. The van der Waals surface area contributed by atoms with Crippen molar-refractivity contribution in [1.82, 2.24) is 14.7 Å². The Labute approximate surface area is 343 Å². The number of nitro groups is 1. The molecule has 4 heterocycles. The third-order valence-electron chi connectivity index (χ3n) is 11.2. The highest BCUT2D eigenvalue weighted by Gasteiger charge is 2.29. The van der Waals surface area contributed by atoms with Crippen LogP contribution in [0.3, 0.4) is 0 Å². The summed E-state index contributed by atoms with van der Waals surface area (Å²) >= 11 is 0. The molecule has 8 rings (SSSR count). The van der Waals surface area contributed by atoms with Gasteiger partial charge in [0.05, 0.1) is 27.6 Å². The lowest BCUT2D eigenvalue weighted by atomic mass is 9.91. The van der Waals surface area contributed by atoms with Crippen LogP contribution in [0, 0.1) is 16.0 Å². The number of hydrogen-bond donors (Lipinski definition) is 3. The van der Waals surface area contributed by atoms with Crippen LogP contribution in [0.5, 0.6) is 11.5 Å². The van der Waals surface area contributed by atoms with Crippen molar-refractivity contribution in [3.05, 3.63) is 136 Å². The quantitative estimate of drug-likeness (QED) is 0.0755. The average molecular weight is 815 g/mol. The first-order valence-electron chi connectivity index (χ1n) is 19.9. The zero-order valence-corrected chi connectivity index (χ0v) is 33.7. The second kappa shape index (κ2) is 16.9. The van der Waals surface area contributed by atoms with Crippen molar-refractivity contribution in [3.8, 4) is 22.6 Å². The van der Waals surface area contributed by atoms with Crippen LogP contribution in [0.4, 0.5) is 17.1 Å². The standard InChI is InChI=1S/C45H46N6O7S/c1-29(2)37-6-3-4-7-38(37)41-8-5-21-50(41)34-12-9-31(10-13-34)32-11-15-39(43(25-32)58-35-24-33-17-20-46-44(33)48-28-35)45(52)49-59(55,56)36-14-16-40(42(26-36)51(53)54)47-27-30-18-22-57-23-19-30/h3-4,6-7,9-17,20,24-26,28-30,41,47H,5,8,18-19,21-23,27H2,1-2H3,(H,46,48)(H,49,52). The lowest BCUT2D eigenvalue weighted by Crippen LogP contribution is -2.31. The summed E-state index contributed by atoms with van der Waals surface area (Å²) in [7, 11) is -4.56. The number of aromatic nitrogens is 2. The van der Waals surface area contributed by atoms with E-state index in [-0.39, 0.29) is 29.0 Å².